The lowest BCUT2D eigenvalue weighted by Crippen LogP contribution is -1.93. The molecule has 0 aliphatic carbocycles. The molecule has 26 heavy (non-hydrogen) atoms. The first-order valence-corrected chi connectivity index (χ1v) is 8.44. The molecule has 0 aliphatic rings. The summed E-state index contributed by atoms with van der Waals surface area (Å²) in [5.41, 5.74) is 4.06. The Morgan fingerprint density at radius 2 is 1.96 bits per heavy atom. The number of methoxy groups -OCH3 is 1. The molecule has 2 aromatic carbocycles. The van der Waals surface area contributed by atoms with Crippen molar-refractivity contribution in [2.75, 3.05) is 7.11 Å². The maximum absolute atomic E-state index is 13.0. The number of benzene rings is 2. The van der Waals surface area contributed by atoms with Crippen LogP contribution in [0.15, 0.2) is 36.5 Å². The van der Waals surface area contributed by atoms with Crippen LogP contribution in [0.5, 0.6) is 5.75 Å². The molecule has 0 aliphatic heterocycles. The number of ether oxygens (including phenoxy) is 1. The molecule has 2 heterocycles. The molecule has 0 fully saturated rings. The molecule has 4 aromatic rings. The number of imidazole rings is 2. The monoisotopic (exact) mass is 370 g/mol. The topological polar surface area (TPSA) is 66.6 Å². The fourth-order valence-corrected chi connectivity index (χ4v) is 3.27. The summed E-state index contributed by atoms with van der Waals surface area (Å²) in [4.78, 5) is 15.3. The molecule has 132 valence electrons. The third kappa shape index (κ3) is 2.93. The lowest BCUT2D eigenvalue weighted by Gasteiger charge is -2.08. The van der Waals surface area contributed by atoms with Gasteiger partial charge in [-0.15, -0.1) is 0 Å². The fraction of sp³-hybridized carbons (Fsp3) is 0.158. The lowest BCUT2D eigenvalue weighted by atomic mass is 10.1. The zero-order valence-corrected chi connectivity index (χ0v) is 15.0. The Balaban J connectivity index is 1.74. The summed E-state index contributed by atoms with van der Waals surface area (Å²) in [5, 5.41) is 0.525. The Bertz CT molecular complexity index is 1090. The van der Waals surface area contributed by atoms with Gasteiger partial charge in [0.1, 0.15) is 28.5 Å². The summed E-state index contributed by atoms with van der Waals surface area (Å²) in [6.07, 6.45) is 2.38. The van der Waals surface area contributed by atoms with Gasteiger partial charge in [0.25, 0.3) is 0 Å². The first kappa shape index (κ1) is 16.6. The van der Waals surface area contributed by atoms with Crippen molar-refractivity contribution in [2.45, 2.75) is 13.3 Å². The second-order valence-corrected chi connectivity index (χ2v) is 6.45. The van der Waals surface area contributed by atoms with Gasteiger partial charge in [0.15, 0.2) is 5.75 Å². The van der Waals surface area contributed by atoms with Crippen LogP contribution < -0.4 is 4.74 Å². The molecule has 0 spiro atoms. The van der Waals surface area contributed by atoms with Gasteiger partial charge >= 0.3 is 0 Å². The van der Waals surface area contributed by atoms with Crippen LogP contribution >= 0.6 is 11.6 Å². The third-order valence-corrected chi connectivity index (χ3v) is 4.47. The minimum atomic E-state index is -0.249. The molecule has 0 saturated carbocycles. The van der Waals surface area contributed by atoms with Crippen molar-refractivity contribution < 1.29 is 9.13 Å². The van der Waals surface area contributed by atoms with Crippen molar-refractivity contribution in [2.24, 2.45) is 0 Å². The standard InChI is InChI=1S/C19H16ClFN4O/c1-10-23-16-15(20)8-14(18(26-2)17(16)24-10)19-22-9-13(25-19)7-11-3-5-12(21)6-4-11/h3-6,8-9H,7H2,1-2H3,(H,22,25)(H,23,24). The smallest absolute Gasteiger partial charge is 0.155 e. The predicted molar refractivity (Wildman–Crippen MR) is 99.2 cm³/mol. The SMILES string of the molecule is COc1c(-c2ncc(Cc3ccc(F)cc3)[nH]2)cc(Cl)c2nc(C)[nH]c12. The Morgan fingerprint density at radius 3 is 2.69 bits per heavy atom. The summed E-state index contributed by atoms with van der Waals surface area (Å²) in [6.45, 7) is 1.86. The highest BCUT2D eigenvalue weighted by atomic mass is 35.5. The van der Waals surface area contributed by atoms with Crippen LogP contribution in [0.3, 0.4) is 0 Å². The van der Waals surface area contributed by atoms with Crippen molar-refractivity contribution in [3.8, 4) is 17.1 Å². The van der Waals surface area contributed by atoms with Crippen LogP contribution in [0, 0.1) is 12.7 Å². The van der Waals surface area contributed by atoms with Crippen LogP contribution in [0.1, 0.15) is 17.1 Å². The van der Waals surface area contributed by atoms with E-state index in [1.807, 2.05) is 6.92 Å². The zero-order valence-electron chi connectivity index (χ0n) is 14.2. The lowest BCUT2D eigenvalue weighted by molar-refractivity contribution is 0.420. The predicted octanol–water partition coefficient (Wildman–Crippen LogP) is 4.65. The maximum Gasteiger partial charge on any atom is 0.155 e. The van der Waals surface area contributed by atoms with E-state index in [4.69, 9.17) is 16.3 Å². The molecule has 4 rings (SSSR count). The normalized spacial score (nSPS) is 11.2. The quantitative estimate of drug-likeness (QED) is 0.549. The number of nitrogens with one attached hydrogen (secondary N) is 2. The first-order valence-electron chi connectivity index (χ1n) is 8.06. The maximum atomic E-state index is 13.0. The van der Waals surface area contributed by atoms with Gasteiger partial charge in [-0.3, -0.25) is 0 Å². The Labute approximate surface area is 154 Å². The van der Waals surface area contributed by atoms with E-state index in [1.54, 1.807) is 31.5 Å². The van der Waals surface area contributed by atoms with Gasteiger partial charge in [-0.2, -0.15) is 0 Å². The minimum absolute atomic E-state index is 0.249. The number of halogens is 2. The van der Waals surface area contributed by atoms with Crippen molar-refractivity contribution >= 4 is 22.6 Å². The molecule has 0 radical (unpaired) electrons. The van der Waals surface area contributed by atoms with Crippen molar-refractivity contribution in [1.29, 1.82) is 0 Å². The number of nitrogens with zero attached hydrogens (tertiary/aromatic N) is 2. The number of aromatic amines is 2. The van der Waals surface area contributed by atoms with Crippen molar-refractivity contribution in [3.05, 3.63) is 64.5 Å². The minimum Gasteiger partial charge on any atom is -0.494 e. The van der Waals surface area contributed by atoms with E-state index >= 15 is 0 Å². The molecular formula is C19H16ClFN4O. The van der Waals surface area contributed by atoms with E-state index in [0.717, 1.165) is 28.2 Å². The highest BCUT2D eigenvalue weighted by molar-refractivity contribution is 6.35. The molecule has 5 nitrogen and oxygen atoms in total. The van der Waals surface area contributed by atoms with Gasteiger partial charge in [0.2, 0.25) is 0 Å². The molecule has 0 saturated heterocycles. The largest absolute Gasteiger partial charge is 0.494 e. The highest BCUT2D eigenvalue weighted by Crippen LogP contribution is 2.38. The number of hydrogen-bond acceptors (Lipinski definition) is 3. The van der Waals surface area contributed by atoms with E-state index in [2.05, 4.69) is 19.9 Å². The number of aromatic nitrogens is 4. The molecule has 7 heteroatoms. The van der Waals surface area contributed by atoms with Gasteiger partial charge in [0, 0.05) is 18.3 Å². The Hall–Kier alpha value is -2.86. The van der Waals surface area contributed by atoms with Crippen LogP contribution in [0.4, 0.5) is 4.39 Å². The van der Waals surface area contributed by atoms with Crippen molar-refractivity contribution in [1.82, 2.24) is 19.9 Å². The van der Waals surface area contributed by atoms with E-state index in [9.17, 15) is 4.39 Å². The summed E-state index contributed by atoms with van der Waals surface area (Å²) >= 11 is 6.39. The second-order valence-electron chi connectivity index (χ2n) is 6.05. The average Bonchev–Trinajstić information content (AvgIpc) is 3.23. The number of H-pyrrole nitrogens is 2. The van der Waals surface area contributed by atoms with Crippen LogP contribution in [0.25, 0.3) is 22.4 Å². The summed E-state index contributed by atoms with van der Waals surface area (Å²) in [6, 6.07) is 8.21. The van der Waals surface area contributed by atoms with Crippen LogP contribution in [-0.2, 0) is 6.42 Å². The van der Waals surface area contributed by atoms with Gasteiger partial charge in [-0.05, 0) is 30.7 Å². The third-order valence-electron chi connectivity index (χ3n) is 4.19. The number of rotatable bonds is 4. The number of hydrogen-bond donors (Lipinski definition) is 2. The van der Waals surface area contributed by atoms with Gasteiger partial charge < -0.3 is 14.7 Å². The van der Waals surface area contributed by atoms with Crippen molar-refractivity contribution in [3.63, 3.8) is 0 Å². The summed E-state index contributed by atoms with van der Waals surface area (Å²) in [5.74, 6) is 1.79. The van der Waals surface area contributed by atoms with E-state index in [-0.39, 0.29) is 5.82 Å². The molecule has 2 N–H and O–H groups in total. The molecule has 0 bridgehead atoms. The molecule has 2 aromatic heterocycles. The molecule has 0 atom stereocenters. The highest BCUT2D eigenvalue weighted by Gasteiger charge is 2.18. The number of aryl methyl sites for hydroxylation is 1. The van der Waals surface area contributed by atoms with Crippen LogP contribution in [-0.4, -0.2) is 27.0 Å². The summed E-state index contributed by atoms with van der Waals surface area (Å²) < 4.78 is 18.6. The van der Waals surface area contributed by atoms with Gasteiger partial charge in [-0.25, -0.2) is 14.4 Å². The zero-order chi connectivity index (χ0) is 18.3. The molecule has 0 amide bonds. The van der Waals surface area contributed by atoms with E-state index < -0.39 is 0 Å². The number of fused-ring (bicyclic) bond motifs is 1. The Kier molecular flexibility index (Phi) is 4.12. The second kappa shape index (κ2) is 6.46. The molecular weight excluding hydrogens is 355 g/mol. The Morgan fingerprint density at radius 1 is 1.19 bits per heavy atom. The van der Waals surface area contributed by atoms with Gasteiger partial charge in [0.05, 0.1) is 17.7 Å². The average molecular weight is 371 g/mol. The van der Waals surface area contributed by atoms with Crippen LogP contribution in [0.2, 0.25) is 5.02 Å². The molecule has 0 unspecified atom stereocenters. The first-order chi connectivity index (χ1) is 12.5. The van der Waals surface area contributed by atoms with E-state index in [1.165, 1.54) is 12.1 Å². The van der Waals surface area contributed by atoms with E-state index in [0.29, 0.717) is 28.5 Å². The fourth-order valence-electron chi connectivity index (χ4n) is 3.02. The van der Waals surface area contributed by atoms with Gasteiger partial charge in [-0.1, -0.05) is 23.7 Å². The summed E-state index contributed by atoms with van der Waals surface area (Å²) in [7, 11) is 1.60.